The van der Waals surface area contributed by atoms with Crippen LogP contribution in [0.1, 0.15) is 5.56 Å². The highest BCUT2D eigenvalue weighted by molar-refractivity contribution is 6.29. The Morgan fingerprint density at radius 3 is 2.90 bits per heavy atom. The van der Waals surface area contributed by atoms with Crippen molar-refractivity contribution >= 4 is 23.1 Å². The molecule has 0 saturated carbocycles. The van der Waals surface area contributed by atoms with Gasteiger partial charge in [-0.2, -0.15) is 0 Å². The molecule has 0 fully saturated rings. The van der Waals surface area contributed by atoms with Gasteiger partial charge < -0.3 is 10.1 Å². The molecular formula is C13H12ClN3O3. The molecule has 0 aliphatic carbocycles. The minimum absolute atomic E-state index is 0.0762. The van der Waals surface area contributed by atoms with Crippen molar-refractivity contribution in [2.75, 3.05) is 12.4 Å². The predicted octanol–water partition coefficient (Wildman–Crippen LogP) is 3.26. The fourth-order valence-corrected chi connectivity index (χ4v) is 1.86. The number of aromatic nitrogens is 1. The highest BCUT2D eigenvalue weighted by atomic mass is 35.5. The van der Waals surface area contributed by atoms with Gasteiger partial charge in [-0.15, -0.1) is 0 Å². The lowest BCUT2D eigenvalue weighted by atomic mass is 10.2. The molecular weight excluding hydrogens is 282 g/mol. The Bertz CT molecular complexity index is 634. The molecule has 1 aromatic carbocycles. The number of pyridine rings is 1. The first-order valence-electron chi connectivity index (χ1n) is 5.77. The molecule has 0 atom stereocenters. The summed E-state index contributed by atoms with van der Waals surface area (Å²) in [7, 11) is 1.59. The average molecular weight is 294 g/mol. The van der Waals surface area contributed by atoms with Gasteiger partial charge in [-0.1, -0.05) is 23.7 Å². The van der Waals surface area contributed by atoms with Crippen LogP contribution in [0.3, 0.4) is 0 Å². The lowest BCUT2D eigenvalue weighted by Gasteiger charge is -2.07. The molecule has 2 rings (SSSR count). The van der Waals surface area contributed by atoms with E-state index < -0.39 is 4.92 Å². The number of benzene rings is 1. The van der Waals surface area contributed by atoms with Crippen molar-refractivity contribution in [1.29, 1.82) is 0 Å². The van der Waals surface area contributed by atoms with Crippen molar-refractivity contribution in [3.63, 3.8) is 0 Å². The smallest absolute Gasteiger partial charge is 0.276 e. The van der Waals surface area contributed by atoms with E-state index in [1.807, 2.05) is 24.3 Å². The highest BCUT2D eigenvalue weighted by Gasteiger charge is 2.10. The van der Waals surface area contributed by atoms with Gasteiger partial charge in [-0.05, 0) is 17.7 Å². The summed E-state index contributed by atoms with van der Waals surface area (Å²) in [6.07, 6.45) is 0. The molecule has 1 N–H and O–H groups in total. The summed E-state index contributed by atoms with van der Waals surface area (Å²) in [6, 6.07) is 10.0. The lowest BCUT2D eigenvalue weighted by Crippen LogP contribution is -2.02. The van der Waals surface area contributed by atoms with Gasteiger partial charge in [0, 0.05) is 6.54 Å². The number of nitrogens with zero attached hydrogens (tertiary/aromatic N) is 2. The number of nitro groups is 1. The van der Waals surface area contributed by atoms with Gasteiger partial charge in [-0.3, -0.25) is 10.1 Å². The van der Waals surface area contributed by atoms with Crippen LogP contribution in [0.25, 0.3) is 0 Å². The second kappa shape index (κ2) is 6.21. The molecule has 0 bridgehead atoms. The normalized spacial score (nSPS) is 10.1. The molecule has 0 radical (unpaired) electrons. The van der Waals surface area contributed by atoms with Crippen molar-refractivity contribution in [2.24, 2.45) is 0 Å². The van der Waals surface area contributed by atoms with Crippen LogP contribution in [0, 0.1) is 10.1 Å². The third-order valence-electron chi connectivity index (χ3n) is 2.60. The standard InChI is InChI=1S/C13H12ClN3O3/c1-20-11-4-2-3-9(5-11)8-15-13-7-10(17(18)19)6-12(14)16-13/h2-7H,8H2,1H3,(H,15,16). The zero-order valence-electron chi connectivity index (χ0n) is 10.7. The van der Waals surface area contributed by atoms with E-state index in [-0.39, 0.29) is 10.8 Å². The summed E-state index contributed by atoms with van der Waals surface area (Å²) in [5.41, 5.74) is 0.868. The van der Waals surface area contributed by atoms with E-state index in [1.165, 1.54) is 12.1 Å². The molecule has 0 aliphatic heterocycles. The molecule has 104 valence electrons. The molecule has 0 spiro atoms. The Balaban J connectivity index is 2.12. The van der Waals surface area contributed by atoms with Gasteiger partial charge in [0.05, 0.1) is 24.2 Å². The van der Waals surface area contributed by atoms with E-state index in [1.54, 1.807) is 7.11 Å². The third-order valence-corrected chi connectivity index (χ3v) is 2.79. The Kier molecular flexibility index (Phi) is 4.37. The van der Waals surface area contributed by atoms with Crippen molar-refractivity contribution in [2.45, 2.75) is 6.54 Å². The predicted molar refractivity (Wildman–Crippen MR) is 76.2 cm³/mol. The van der Waals surface area contributed by atoms with Crippen LogP contribution in [0.2, 0.25) is 5.15 Å². The van der Waals surface area contributed by atoms with Crippen LogP contribution in [0.15, 0.2) is 36.4 Å². The second-order valence-corrected chi connectivity index (χ2v) is 4.38. The molecule has 0 saturated heterocycles. The van der Waals surface area contributed by atoms with E-state index >= 15 is 0 Å². The van der Waals surface area contributed by atoms with Crippen LogP contribution >= 0.6 is 11.6 Å². The van der Waals surface area contributed by atoms with Crippen molar-refractivity contribution < 1.29 is 9.66 Å². The van der Waals surface area contributed by atoms with Crippen LogP contribution in [-0.4, -0.2) is 17.0 Å². The number of methoxy groups -OCH3 is 1. The van der Waals surface area contributed by atoms with Crippen LogP contribution in [0.5, 0.6) is 5.75 Å². The molecule has 7 heteroatoms. The topological polar surface area (TPSA) is 77.3 Å². The molecule has 0 amide bonds. The fraction of sp³-hybridized carbons (Fsp3) is 0.154. The van der Waals surface area contributed by atoms with E-state index in [2.05, 4.69) is 10.3 Å². The zero-order valence-corrected chi connectivity index (χ0v) is 11.4. The van der Waals surface area contributed by atoms with Crippen molar-refractivity contribution in [3.8, 4) is 5.75 Å². The first kappa shape index (κ1) is 14.1. The molecule has 2 aromatic rings. The maximum absolute atomic E-state index is 10.7. The molecule has 6 nitrogen and oxygen atoms in total. The van der Waals surface area contributed by atoms with Crippen LogP contribution in [-0.2, 0) is 6.54 Å². The monoisotopic (exact) mass is 293 g/mol. The van der Waals surface area contributed by atoms with Gasteiger partial charge in [0.2, 0.25) is 0 Å². The Labute approximate surface area is 120 Å². The summed E-state index contributed by atoms with van der Waals surface area (Å²) in [4.78, 5) is 14.2. The van der Waals surface area contributed by atoms with Gasteiger partial charge >= 0.3 is 0 Å². The maximum atomic E-state index is 10.7. The summed E-state index contributed by atoms with van der Waals surface area (Å²) in [5, 5.41) is 13.8. The first-order chi connectivity index (χ1) is 9.58. The number of halogens is 1. The number of nitrogens with one attached hydrogen (secondary N) is 1. The summed E-state index contributed by atoms with van der Waals surface area (Å²) >= 11 is 5.75. The molecule has 20 heavy (non-hydrogen) atoms. The van der Waals surface area contributed by atoms with Crippen molar-refractivity contribution in [1.82, 2.24) is 4.98 Å². The van der Waals surface area contributed by atoms with Gasteiger partial charge in [0.15, 0.2) is 0 Å². The molecule has 1 heterocycles. The summed E-state index contributed by atoms with van der Waals surface area (Å²) < 4.78 is 5.12. The largest absolute Gasteiger partial charge is 0.497 e. The molecule has 0 unspecified atom stereocenters. The molecule has 0 aliphatic rings. The Morgan fingerprint density at radius 1 is 1.40 bits per heavy atom. The van der Waals surface area contributed by atoms with E-state index in [0.717, 1.165) is 11.3 Å². The number of hydrogen-bond acceptors (Lipinski definition) is 5. The second-order valence-electron chi connectivity index (χ2n) is 4.00. The first-order valence-corrected chi connectivity index (χ1v) is 6.15. The van der Waals surface area contributed by atoms with Gasteiger partial charge in [0.25, 0.3) is 5.69 Å². The highest BCUT2D eigenvalue weighted by Crippen LogP contribution is 2.21. The average Bonchev–Trinajstić information content (AvgIpc) is 2.44. The van der Waals surface area contributed by atoms with E-state index in [0.29, 0.717) is 12.4 Å². The SMILES string of the molecule is COc1cccc(CNc2cc([N+](=O)[O-])cc(Cl)n2)c1. The Hall–Kier alpha value is -2.34. The quantitative estimate of drug-likeness (QED) is 0.520. The number of ether oxygens (including phenoxy) is 1. The minimum atomic E-state index is -0.510. The number of anilines is 1. The zero-order chi connectivity index (χ0) is 14.5. The molecule has 1 aromatic heterocycles. The maximum Gasteiger partial charge on any atom is 0.276 e. The van der Waals surface area contributed by atoms with Gasteiger partial charge in [-0.25, -0.2) is 4.98 Å². The van der Waals surface area contributed by atoms with Crippen LogP contribution in [0.4, 0.5) is 11.5 Å². The lowest BCUT2D eigenvalue weighted by molar-refractivity contribution is -0.384. The third kappa shape index (κ3) is 3.58. The number of hydrogen-bond donors (Lipinski definition) is 1. The van der Waals surface area contributed by atoms with E-state index in [9.17, 15) is 10.1 Å². The van der Waals surface area contributed by atoms with Crippen molar-refractivity contribution in [3.05, 3.63) is 57.2 Å². The van der Waals surface area contributed by atoms with E-state index in [4.69, 9.17) is 16.3 Å². The van der Waals surface area contributed by atoms with Gasteiger partial charge in [0.1, 0.15) is 16.7 Å². The fourth-order valence-electron chi connectivity index (χ4n) is 1.65. The minimum Gasteiger partial charge on any atom is -0.497 e. The summed E-state index contributed by atoms with van der Waals surface area (Å²) in [6.45, 7) is 0.460. The Morgan fingerprint density at radius 2 is 2.20 bits per heavy atom. The summed E-state index contributed by atoms with van der Waals surface area (Å²) in [5.74, 6) is 1.10. The van der Waals surface area contributed by atoms with Crippen LogP contribution < -0.4 is 10.1 Å². The number of rotatable bonds is 5.